The molecule has 21 heavy (non-hydrogen) atoms. The predicted molar refractivity (Wildman–Crippen MR) is 78.1 cm³/mol. The van der Waals surface area contributed by atoms with Gasteiger partial charge in [0.2, 0.25) is 0 Å². The Kier molecular flexibility index (Phi) is 5.33. The fourth-order valence-electron chi connectivity index (χ4n) is 2.48. The van der Waals surface area contributed by atoms with E-state index in [1.807, 2.05) is 0 Å². The minimum absolute atomic E-state index is 0.223. The lowest BCUT2D eigenvalue weighted by molar-refractivity contribution is 0.0498. The second kappa shape index (κ2) is 7.02. The Balaban J connectivity index is 1.80. The van der Waals surface area contributed by atoms with Gasteiger partial charge < -0.3 is 19.3 Å². The normalized spacial score (nSPS) is 18.7. The third-order valence-corrected chi connectivity index (χ3v) is 3.84. The number of hydrogen-bond acceptors (Lipinski definition) is 6. The first-order valence-electron chi connectivity index (χ1n) is 7.22. The lowest BCUT2D eigenvalue weighted by atomic mass is 10.2. The summed E-state index contributed by atoms with van der Waals surface area (Å²) in [4.78, 5) is 22.1. The van der Waals surface area contributed by atoms with E-state index in [1.165, 1.54) is 11.3 Å². The Morgan fingerprint density at radius 2 is 2.14 bits per heavy atom. The molecular formula is C14H24N4O3. The second-order valence-corrected chi connectivity index (χ2v) is 5.70. The van der Waals surface area contributed by atoms with Crippen LogP contribution in [-0.4, -0.2) is 90.2 Å². The topological polar surface area (TPSA) is 73.0 Å². The first kappa shape index (κ1) is 15.9. The zero-order valence-electron chi connectivity index (χ0n) is 12.9. The first-order chi connectivity index (χ1) is 9.97. The van der Waals surface area contributed by atoms with Gasteiger partial charge in [-0.15, -0.1) is 0 Å². The molecule has 0 spiro atoms. The summed E-state index contributed by atoms with van der Waals surface area (Å²) >= 11 is 0. The van der Waals surface area contributed by atoms with Crippen molar-refractivity contribution in [1.82, 2.24) is 19.7 Å². The van der Waals surface area contributed by atoms with E-state index in [1.54, 1.807) is 14.0 Å². The Labute approximate surface area is 125 Å². The summed E-state index contributed by atoms with van der Waals surface area (Å²) < 4.78 is 5.04. The molecule has 0 bridgehead atoms. The van der Waals surface area contributed by atoms with Gasteiger partial charge in [0.25, 0.3) is 5.91 Å². The fourth-order valence-corrected chi connectivity index (χ4v) is 2.48. The lowest BCUT2D eigenvalue weighted by Crippen LogP contribution is -2.49. The highest BCUT2D eigenvalue weighted by molar-refractivity contribution is 5.92. The maximum absolute atomic E-state index is 12.2. The molecule has 0 aromatic carbocycles. The number of aliphatic hydroxyl groups is 1. The smallest absolute Gasteiger partial charge is 0.275 e. The highest BCUT2D eigenvalue weighted by Crippen LogP contribution is 2.08. The number of β-amino-alcohol motifs (C(OH)–C–C–N with tert-alkyl or cyclic N) is 1. The molecule has 7 heteroatoms. The number of carbonyl (C=O) groups is 1. The van der Waals surface area contributed by atoms with E-state index in [4.69, 9.17) is 4.42 Å². The molecule has 1 fully saturated rings. The van der Waals surface area contributed by atoms with Gasteiger partial charge in [0.1, 0.15) is 5.76 Å². The van der Waals surface area contributed by atoms with Crippen LogP contribution < -0.4 is 0 Å². The molecule has 1 aliphatic heterocycles. The van der Waals surface area contributed by atoms with E-state index >= 15 is 0 Å². The number of hydrogen-bond donors (Lipinski definition) is 1. The molecule has 1 unspecified atom stereocenters. The quantitative estimate of drug-likeness (QED) is 0.802. The van der Waals surface area contributed by atoms with E-state index in [-0.39, 0.29) is 12.5 Å². The van der Waals surface area contributed by atoms with Crippen molar-refractivity contribution in [2.75, 3.05) is 53.4 Å². The van der Waals surface area contributed by atoms with Gasteiger partial charge in [-0.3, -0.25) is 9.69 Å². The van der Waals surface area contributed by atoms with Crippen LogP contribution in [0, 0.1) is 6.92 Å². The lowest BCUT2D eigenvalue weighted by Gasteiger charge is -2.34. The first-order valence-corrected chi connectivity index (χ1v) is 7.22. The summed E-state index contributed by atoms with van der Waals surface area (Å²) in [5.41, 5.74) is 0.310. The van der Waals surface area contributed by atoms with E-state index in [0.29, 0.717) is 18.0 Å². The Morgan fingerprint density at radius 1 is 1.48 bits per heavy atom. The molecule has 0 aliphatic carbocycles. The van der Waals surface area contributed by atoms with Crippen LogP contribution in [0.5, 0.6) is 0 Å². The van der Waals surface area contributed by atoms with Crippen LogP contribution in [0.25, 0.3) is 0 Å². The molecule has 118 valence electrons. The number of aliphatic hydroxyl groups excluding tert-OH is 1. The number of oxazole rings is 1. The number of piperazine rings is 1. The summed E-state index contributed by atoms with van der Waals surface area (Å²) in [6, 6.07) is 0. The number of carbonyl (C=O) groups excluding carboxylic acids is 1. The summed E-state index contributed by atoms with van der Waals surface area (Å²) in [6.07, 6.45) is 0.700. The zero-order chi connectivity index (χ0) is 15.4. The third kappa shape index (κ3) is 4.26. The van der Waals surface area contributed by atoms with E-state index in [2.05, 4.69) is 21.8 Å². The molecular weight excluding hydrogens is 272 g/mol. The second-order valence-electron chi connectivity index (χ2n) is 5.70. The number of rotatable bonds is 5. The molecule has 1 aliphatic rings. The molecule has 2 heterocycles. The standard InChI is InChI=1S/C14H24N4O3/c1-11-13(15-10-21-11)14(20)17(3)8-12(19)9-18-6-4-16(2)5-7-18/h10,12,19H,4-9H2,1-3H3. The maximum atomic E-state index is 12.2. The van der Waals surface area contributed by atoms with Gasteiger partial charge in [-0.05, 0) is 14.0 Å². The van der Waals surface area contributed by atoms with Crippen LogP contribution in [0.4, 0.5) is 0 Å². The SMILES string of the molecule is Cc1ocnc1C(=O)N(C)CC(O)CN1CCN(C)CC1. The van der Waals surface area contributed by atoms with Crippen LogP contribution in [0.2, 0.25) is 0 Å². The van der Waals surface area contributed by atoms with Crippen LogP contribution in [-0.2, 0) is 0 Å². The molecule has 1 aromatic heterocycles. The minimum atomic E-state index is -0.561. The third-order valence-electron chi connectivity index (χ3n) is 3.84. The Morgan fingerprint density at radius 3 is 2.71 bits per heavy atom. The number of aromatic nitrogens is 1. The zero-order valence-corrected chi connectivity index (χ0v) is 12.9. The average Bonchev–Trinajstić information content (AvgIpc) is 2.86. The maximum Gasteiger partial charge on any atom is 0.275 e. The number of aryl methyl sites for hydroxylation is 1. The molecule has 1 N–H and O–H groups in total. The van der Waals surface area contributed by atoms with Crippen LogP contribution >= 0.6 is 0 Å². The molecule has 1 aromatic rings. The Hall–Kier alpha value is -1.44. The van der Waals surface area contributed by atoms with Gasteiger partial charge in [0, 0.05) is 46.3 Å². The van der Waals surface area contributed by atoms with Crippen molar-refractivity contribution in [2.24, 2.45) is 0 Å². The van der Waals surface area contributed by atoms with Crippen molar-refractivity contribution < 1.29 is 14.3 Å². The van der Waals surface area contributed by atoms with Gasteiger partial charge in [0.05, 0.1) is 6.10 Å². The number of nitrogens with zero attached hydrogens (tertiary/aromatic N) is 4. The van der Waals surface area contributed by atoms with Crippen molar-refractivity contribution in [3.05, 3.63) is 17.8 Å². The number of amides is 1. The molecule has 1 amide bonds. The summed E-state index contributed by atoms with van der Waals surface area (Å²) in [5.74, 6) is 0.277. The van der Waals surface area contributed by atoms with Crippen molar-refractivity contribution in [2.45, 2.75) is 13.0 Å². The van der Waals surface area contributed by atoms with Crippen molar-refractivity contribution >= 4 is 5.91 Å². The van der Waals surface area contributed by atoms with Gasteiger partial charge in [-0.25, -0.2) is 4.98 Å². The van der Waals surface area contributed by atoms with Crippen molar-refractivity contribution in [3.63, 3.8) is 0 Å². The Bertz CT molecular complexity index is 469. The van der Waals surface area contributed by atoms with E-state index in [0.717, 1.165) is 26.2 Å². The fraction of sp³-hybridized carbons (Fsp3) is 0.714. The van der Waals surface area contributed by atoms with Gasteiger partial charge in [-0.1, -0.05) is 0 Å². The summed E-state index contributed by atoms with van der Waals surface area (Å²) in [7, 11) is 3.77. The molecule has 1 atom stereocenters. The molecule has 7 nitrogen and oxygen atoms in total. The minimum Gasteiger partial charge on any atom is -0.448 e. The molecule has 2 rings (SSSR count). The monoisotopic (exact) mass is 296 g/mol. The van der Waals surface area contributed by atoms with Crippen LogP contribution in [0.3, 0.4) is 0 Å². The average molecular weight is 296 g/mol. The molecule has 1 saturated heterocycles. The van der Waals surface area contributed by atoms with Gasteiger partial charge in [0.15, 0.2) is 12.1 Å². The largest absolute Gasteiger partial charge is 0.448 e. The van der Waals surface area contributed by atoms with Crippen molar-refractivity contribution in [3.8, 4) is 0 Å². The van der Waals surface area contributed by atoms with Crippen LogP contribution in [0.15, 0.2) is 10.8 Å². The molecule has 0 radical (unpaired) electrons. The highest BCUT2D eigenvalue weighted by atomic mass is 16.3. The molecule has 0 saturated carbocycles. The highest BCUT2D eigenvalue weighted by Gasteiger charge is 2.22. The number of likely N-dealkylation sites (N-methyl/N-ethyl adjacent to an activating group) is 2. The predicted octanol–water partition coefficient (Wildman–Crippen LogP) is -0.337. The summed E-state index contributed by atoms with van der Waals surface area (Å²) in [5, 5.41) is 10.2. The van der Waals surface area contributed by atoms with E-state index in [9.17, 15) is 9.90 Å². The summed E-state index contributed by atoms with van der Waals surface area (Å²) in [6.45, 7) is 6.51. The van der Waals surface area contributed by atoms with Gasteiger partial charge in [-0.2, -0.15) is 0 Å². The van der Waals surface area contributed by atoms with E-state index < -0.39 is 6.10 Å². The van der Waals surface area contributed by atoms with Gasteiger partial charge >= 0.3 is 0 Å². The van der Waals surface area contributed by atoms with Crippen LogP contribution in [0.1, 0.15) is 16.2 Å². The van der Waals surface area contributed by atoms with Crippen molar-refractivity contribution in [1.29, 1.82) is 0 Å².